The van der Waals surface area contributed by atoms with Crippen molar-refractivity contribution in [2.45, 2.75) is 53.1 Å². The van der Waals surface area contributed by atoms with Crippen LogP contribution in [0.1, 0.15) is 51.3 Å². The number of fused-ring (bicyclic) bond motifs is 1. The molecular weight excluding hydrogens is 445 g/mol. The van der Waals surface area contributed by atoms with Gasteiger partial charge in [-0.15, -0.1) is 0 Å². The summed E-state index contributed by atoms with van der Waals surface area (Å²) in [6, 6.07) is 8.95. The third-order valence-electron chi connectivity index (χ3n) is 6.53. The molecular formula is C27H30FN5O2. The highest BCUT2D eigenvalue weighted by Crippen LogP contribution is 2.25. The highest BCUT2D eigenvalue weighted by molar-refractivity contribution is 5.95. The Labute approximate surface area is 204 Å². The summed E-state index contributed by atoms with van der Waals surface area (Å²) < 4.78 is 14.6. The van der Waals surface area contributed by atoms with Crippen LogP contribution in [-0.4, -0.2) is 38.4 Å². The van der Waals surface area contributed by atoms with Crippen LogP contribution < -0.4 is 5.32 Å². The number of rotatable bonds is 7. The molecule has 8 heteroatoms. The molecule has 1 aliphatic rings. The number of aryl methyl sites for hydroxylation is 3. The Bertz CT molecular complexity index is 1250. The van der Waals surface area contributed by atoms with Crippen LogP contribution in [0.5, 0.6) is 0 Å². The van der Waals surface area contributed by atoms with Crippen LogP contribution in [0.3, 0.4) is 0 Å². The first-order valence-corrected chi connectivity index (χ1v) is 11.8. The zero-order valence-corrected chi connectivity index (χ0v) is 20.3. The zero-order valence-electron chi connectivity index (χ0n) is 20.3. The van der Waals surface area contributed by atoms with Gasteiger partial charge in [0.25, 0.3) is 5.91 Å². The Morgan fingerprint density at radius 3 is 2.63 bits per heavy atom. The van der Waals surface area contributed by atoms with Gasteiger partial charge < -0.3 is 10.2 Å². The Balaban J connectivity index is 1.40. The topological polar surface area (TPSA) is 91.0 Å². The number of benzene rings is 1. The van der Waals surface area contributed by atoms with Crippen molar-refractivity contribution in [3.8, 4) is 0 Å². The van der Waals surface area contributed by atoms with E-state index >= 15 is 0 Å². The predicted octanol–water partition coefficient (Wildman–Crippen LogP) is 3.87. The minimum atomic E-state index is -0.782. The Hall–Kier alpha value is -3.81. The van der Waals surface area contributed by atoms with E-state index in [2.05, 4.69) is 20.5 Å². The fourth-order valence-corrected chi connectivity index (χ4v) is 4.49. The van der Waals surface area contributed by atoms with Crippen molar-refractivity contribution in [1.82, 2.24) is 25.4 Å². The first-order chi connectivity index (χ1) is 16.8. The maximum atomic E-state index is 14.6. The molecule has 0 aliphatic carbocycles. The van der Waals surface area contributed by atoms with Crippen LogP contribution in [0, 0.1) is 20.8 Å². The van der Waals surface area contributed by atoms with Crippen molar-refractivity contribution in [1.29, 1.82) is 0 Å². The third kappa shape index (κ3) is 5.65. The van der Waals surface area contributed by atoms with Crippen LogP contribution in [0.25, 0.3) is 6.08 Å². The molecule has 1 aliphatic heterocycles. The molecule has 3 heterocycles. The second-order valence-corrected chi connectivity index (χ2v) is 8.89. The van der Waals surface area contributed by atoms with E-state index < -0.39 is 11.7 Å². The summed E-state index contributed by atoms with van der Waals surface area (Å²) in [4.78, 5) is 31.2. The third-order valence-corrected chi connectivity index (χ3v) is 6.53. The number of carbonyl (C=O) groups excluding carboxylic acids is 2. The fraction of sp³-hybridized carbons (Fsp3) is 0.333. The summed E-state index contributed by atoms with van der Waals surface area (Å²) in [5, 5.41) is 10.1. The van der Waals surface area contributed by atoms with Crippen molar-refractivity contribution in [2.75, 3.05) is 6.54 Å². The summed E-state index contributed by atoms with van der Waals surface area (Å²) in [5.74, 6) is -1.45. The van der Waals surface area contributed by atoms with Crippen LogP contribution >= 0.6 is 0 Å². The van der Waals surface area contributed by atoms with E-state index in [0.29, 0.717) is 37.9 Å². The van der Waals surface area contributed by atoms with Gasteiger partial charge in [-0.05, 0) is 67.5 Å². The van der Waals surface area contributed by atoms with Crippen molar-refractivity contribution in [3.05, 3.63) is 87.3 Å². The van der Waals surface area contributed by atoms with Crippen molar-refractivity contribution >= 4 is 17.9 Å². The van der Waals surface area contributed by atoms with E-state index in [1.165, 1.54) is 11.0 Å². The van der Waals surface area contributed by atoms with Gasteiger partial charge in [0.15, 0.2) is 5.83 Å². The lowest BCUT2D eigenvalue weighted by Gasteiger charge is -2.30. The number of amides is 2. The van der Waals surface area contributed by atoms with Gasteiger partial charge >= 0.3 is 0 Å². The lowest BCUT2D eigenvalue weighted by molar-refractivity contribution is -0.129. The number of pyridine rings is 1. The molecule has 182 valence electrons. The molecule has 0 saturated carbocycles. The summed E-state index contributed by atoms with van der Waals surface area (Å²) in [5.41, 5.74) is 7.41. The second-order valence-electron chi connectivity index (χ2n) is 8.89. The minimum Gasteiger partial charge on any atom is -0.352 e. The van der Waals surface area contributed by atoms with Gasteiger partial charge in [-0.2, -0.15) is 5.10 Å². The van der Waals surface area contributed by atoms with Crippen molar-refractivity contribution < 1.29 is 14.0 Å². The average molecular weight is 476 g/mol. The number of hydrogen-bond donors (Lipinski definition) is 2. The number of aromatic nitrogens is 3. The average Bonchev–Trinajstić information content (AvgIpc) is 3.18. The molecule has 4 rings (SSSR count). The summed E-state index contributed by atoms with van der Waals surface area (Å²) in [7, 11) is 0. The van der Waals surface area contributed by atoms with Gasteiger partial charge in [-0.25, -0.2) is 4.39 Å². The standard InChI is InChI=1S/C27H30FN5O2/c1-17-24(15-30-26(34)10-9-22-18(2)31-32-19(22)3)23-11-12-33(16-21(23)14-29-17)27(35)25(28)13-20-7-5-4-6-8-20/h4-8,13-14H,9-12,15-16H2,1-3H3,(H,30,34)(H,31,32)/b25-13-. The number of halogens is 1. The SMILES string of the molecule is Cc1n[nH]c(C)c1CCC(=O)NCc1c(C)ncc2c1CCN(C(=O)/C(F)=C/c1ccccc1)C2. The number of aromatic amines is 1. The number of H-pyrrole nitrogens is 1. The van der Waals surface area contributed by atoms with Crippen LogP contribution in [0.2, 0.25) is 0 Å². The molecule has 2 amide bonds. The number of nitrogens with one attached hydrogen (secondary N) is 2. The molecule has 7 nitrogen and oxygen atoms in total. The van der Waals surface area contributed by atoms with Crippen molar-refractivity contribution in [2.24, 2.45) is 0 Å². The highest BCUT2D eigenvalue weighted by atomic mass is 19.1. The lowest BCUT2D eigenvalue weighted by atomic mass is 9.94. The minimum absolute atomic E-state index is 0.0391. The van der Waals surface area contributed by atoms with Gasteiger partial charge in [0.2, 0.25) is 5.91 Å². The van der Waals surface area contributed by atoms with E-state index in [9.17, 15) is 14.0 Å². The summed E-state index contributed by atoms with van der Waals surface area (Å²) in [6.07, 6.45) is 4.60. The van der Waals surface area contributed by atoms with E-state index in [1.54, 1.807) is 30.5 Å². The quantitative estimate of drug-likeness (QED) is 0.508. The van der Waals surface area contributed by atoms with E-state index in [4.69, 9.17) is 0 Å². The normalized spacial score (nSPS) is 13.5. The van der Waals surface area contributed by atoms with Gasteiger partial charge in [-0.1, -0.05) is 30.3 Å². The number of hydrogen-bond acceptors (Lipinski definition) is 4. The maximum Gasteiger partial charge on any atom is 0.282 e. The molecule has 0 bridgehead atoms. The molecule has 0 radical (unpaired) electrons. The Kier molecular flexibility index (Phi) is 7.39. The van der Waals surface area contributed by atoms with E-state index in [1.807, 2.05) is 26.8 Å². The monoisotopic (exact) mass is 475 g/mol. The molecule has 1 aromatic carbocycles. The molecule has 2 aromatic heterocycles. The predicted molar refractivity (Wildman–Crippen MR) is 132 cm³/mol. The molecule has 0 fully saturated rings. The van der Waals surface area contributed by atoms with Crippen LogP contribution in [0.4, 0.5) is 4.39 Å². The van der Waals surface area contributed by atoms with Gasteiger partial charge in [0.1, 0.15) is 0 Å². The number of nitrogens with zero attached hydrogens (tertiary/aromatic N) is 3. The zero-order chi connectivity index (χ0) is 24.9. The van der Waals surface area contributed by atoms with Gasteiger partial charge in [0, 0.05) is 43.6 Å². The van der Waals surface area contributed by atoms with Gasteiger partial charge in [0.05, 0.1) is 5.69 Å². The molecule has 2 N–H and O–H groups in total. The first-order valence-electron chi connectivity index (χ1n) is 11.8. The van der Waals surface area contributed by atoms with Gasteiger partial charge in [-0.3, -0.25) is 19.7 Å². The smallest absolute Gasteiger partial charge is 0.282 e. The molecule has 0 atom stereocenters. The molecule has 0 unspecified atom stereocenters. The summed E-state index contributed by atoms with van der Waals surface area (Å²) >= 11 is 0. The van der Waals surface area contributed by atoms with E-state index in [0.717, 1.165) is 39.3 Å². The van der Waals surface area contributed by atoms with Crippen molar-refractivity contribution in [3.63, 3.8) is 0 Å². The highest BCUT2D eigenvalue weighted by Gasteiger charge is 2.26. The first kappa shape index (κ1) is 24.3. The maximum absolute atomic E-state index is 14.6. The second kappa shape index (κ2) is 10.6. The molecule has 3 aromatic rings. The largest absolute Gasteiger partial charge is 0.352 e. The van der Waals surface area contributed by atoms with E-state index in [-0.39, 0.29) is 12.5 Å². The molecule has 0 saturated heterocycles. The van der Waals surface area contributed by atoms with Crippen LogP contribution in [-0.2, 0) is 35.5 Å². The number of carbonyl (C=O) groups is 2. The van der Waals surface area contributed by atoms with Crippen LogP contribution in [0.15, 0.2) is 42.4 Å². The Morgan fingerprint density at radius 1 is 1.14 bits per heavy atom. The lowest BCUT2D eigenvalue weighted by Crippen LogP contribution is -2.37. The Morgan fingerprint density at radius 2 is 1.91 bits per heavy atom. The molecule has 0 spiro atoms. The fourth-order valence-electron chi connectivity index (χ4n) is 4.49. The molecule has 35 heavy (non-hydrogen) atoms. The summed E-state index contributed by atoms with van der Waals surface area (Å²) in [6.45, 7) is 6.87.